The highest BCUT2D eigenvalue weighted by atomic mass is 35.5. The van der Waals surface area contributed by atoms with Crippen LogP contribution in [0.25, 0.3) is 20.4 Å². The number of benzene rings is 1. The number of aromatic nitrogens is 3. The fraction of sp³-hybridized carbons (Fsp3) is 0.286. The second-order valence-corrected chi connectivity index (χ2v) is 9.19. The van der Waals surface area contributed by atoms with Gasteiger partial charge in [-0.3, -0.25) is 9.36 Å². The summed E-state index contributed by atoms with van der Waals surface area (Å²) in [6.07, 6.45) is 2.38. The van der Waals surface area contributed by atoms with Gasteiger partial charge in [-0.25, -0.2) is 9.97 Å². The van der Waals surface area contributed by atoms with Crippen molar-refractivity contribution in [3.63, 3.8) is 0 Å². The number of hydrogen-bond acceptors (Lipinski definition) is 5. The van der Waals surface area contributed by atoms with Crippen LogP contribution in [0.4, 0.5) is 0 Å². The summed E-state index contributed by atoms with van der Waals surface area (Å²) in [5.41, 5.74) is 3.60. The first-order valence-electron chi connectivity index (χ1n) is 9.08. The van der Waals surface area contributed by atoms with Crippen LogP contribution in [-0.2, 0) is 24.3 Å². The van der Waals surface area contributed by atoms with Crippen LogP contribution >= 0.6 is 22.9 Å². The molecule has 0 radical (unpaired) electrons. The molecule has 4 heterocycles. The van der Waals surface area contributed by atoms with Crippen molar-refractivity contribution in [1.29, 1.82) is 0 Å². The van der Waals surface area contributed by atoms with Gasteiger partial charge in [0.1, 0.15) is 9.53 Å². The minimum absolute atomic E-state index is 0.0440. The third-order valence-corrected chi connectivity index (χ3v) is 6.41. The number of fused-ring (bicyclic) bond motifs is 4. The maximum atomic E-state index is 13.0. The van der Waals surface area contributed by atoms with Crippen LogP contribution in [0.15, 0.2) is 41.5 Å². The monoisotopic (exact) mass is 411 g/mol. The number of halogens is 1. The number of nitrogens with zero attached hydrogens (tertiary/aromatic N) is 3. The van der Waals surface area contributed by atoms with E-state index in [9.17, 15) is 4.79 Å². The zero-order valence-electron chi connectivity index (χ0n) is 15.5. The van der Waals surface area contributed by atoms with Gasteiger partial charge in [-0.1, -0.05) is 23.7 Å². The minimum atomic E-state index is -0.214. The van der Waals surface area contributed by atoms with E-state index in [-0.39, 0.29) is 11.2 Å². The standard InChI is InChI=1S/C21H18ClN3O2S/c1-21(2)8-16-13(10-27-21)7-15-17-18(28-19(15)24-16)20(26)25(11-23-17)9-12-3-5-14(22)6-4-12/h3-7,11H,8-10H2,1-2H3. The Morgan fingerprint density at radius 2 is 2.07 bits per heavy atom. The maximum absolute atomic E-state index is 13.0. The molecule has 1 aromatic carbocycles. The molecule has 0 aliphatic carbocycles. The van der Waals surface area contributed by atoms with E-state index < -0.39 is 0 Å². The normalized spacial score (nSPS) is 15.8. The molecule has 3 aromatic heterocycles. The Morgan fingerprint density at radius 3 is 2.86 bits per heavy atom. The predicted molar refractivity (Wildman–Crippen MR) is 112 cm³/mol. The molecule has 7 heteroatoms. The van der Waals surface area contributed by atoms with Gasteiger partial charge in [0, 0.05) is 22.4 Å². The second-order valence-electron chi connectivity index (χ2n) is 7.76. The van der Waals surface area contributed by atoms with Crippen LogP contribution in [0, 0.1) is 0 Å². The first-order chi connectivity index (χ1) is 13.4. The molecule has 0 fully saturated rings. The Bertz CT molecular complexity index is 1280. The van der Waals surface area contributed by atoms with Gasteiger partial charge in [0.25, 0.3) is 5.56 Å². The van der Waals surface area contributed by atoms with Crippen LogP contribution < -0.4 is 5.56 Å². The molecule has 0 amide bonds. The van der Waals surface area contributed by atoms with Crippen molar-refractivity contribution in [3.8, 4) is 0 Å². The molecule has 1 aliphatic rings. The lowest BCUT2D eigenvalue weighted by atomic mass is 9.95. The largest absolute Gasteiger partial charge is 0.370 e. The van der Waals surface area contributed by atoms with Crippen LogP contribution in [0.5, 0.6) is 0 Å². The molecule has 0 unspecified atom stereocenters. The Hall–Kier alpha value is -2.28. The number of ether oxygens (including phenoxy) is 1. The number of thiophene rings is 1. The molecule has 5 nitrogen and oxygen atoms in total. The predicted octanol–water partition coefficient (Wildman–Crippen LogP) is 4.56. The highest BCUT2D eigenvalue weighted by Crippen LogP contribution is 2.34. The quantitative estimate of drug-likeness (QED) is 0.485. The van der Waals surface area contributed by atoms with Gasteiger partial charge in [0.2, 0.25) is 0 Å². The van der Waals surface area contributed by atoms with E-state index in [0.29, 0.717) is 22.9 Å². The average Bonchev–Trinajstić information content (AvgIpc) is 3.01. The summed E-state index contributed by atoms with van der Waals surface area (Å²) < 4.78 is 8.19. The SMILES string of the molecule is CC1(C)Cc2nc3sc4c(=O)n(Cc5ccc(Cl)cc5)cnc4c3cc2CO1. The molecule has 1 aliphatic heterocycles. The topological polar surface area (TPSA) is 57.0 Å². The van der Waals surface area contributed by atoms with E-state index in [1.165, 1.54) is 11.3 Å². The summed E-state index contributed by atoms with van der Waals surface area (Å²) in [4.78, 5) is 23.3. The summed E-state index contributed by atoms with van der Waals surface area (Å²) in [6.45, 7) is 5.14. The zero-order chi connectivity index (χ0) is 19.5. The van der Waals surface area contributed by atoms with Crippen LogP contribution in [-0.4, -0.2) is 20.1 Å². The smallest absolute Gasteiger partial charge is 0.271 e. The van der Waals surface area contributed by atoms with E-state index in [1.54, 1.807) is 10.9 Å². The van der Waals surface area contributed by atoms with Crippen molar-refractivity contribution in [2.24, 2.45) is 0 Å². The van der Waals surface area contributed by atoms with E-state index >= 15 is 0 Å². The summed E-state index contributed by atoms with van der Waals surface area (Å²) in [5.74, 6) is 0. The Labute approximate surface area is 170 Å². The van der Waals surface area contributed by atoms with Gasteiger partial charge in [0.15, 0.2) is 0 Å². The summed E-state index contributed by atoms with van der Waals surface area (Å²) in [5, 5.41) is 1.61. The lowest BCUT2D eigenvalue weighted by molar-refractivity contribution is -0.0411. The van der Waals surface area contributed by atoms with Crippen LogP contribution in [0.3, 0.4) is 0 Å². The molecule has 0 N–H and O–H groups in total. The van der Waals surface area contributed by atoms with E-state index in [1.807, 2.05) is 24.3 Å². The van der Waals surface area contributed by atoms with E-state index in [2.05, 4.69) is 24.9 Å². The zero-order valence-corrected chi connectivity index (χ0v) is 17.1. The molecule has 0 saturated heterocycles. The molecule has 0 atom stereocenters. The van der Waals surface area contributed by atoms with Crippen molar-refractivity contribution in [3.05, 3.63) is 68.9 Å². The van der Waals surface area contributed by atoms with Gasteiger partial charge in [-0.2, -0.15) is 0 Å². The van der Waals surface area contributed by atoms with Crippen molar-refractivity contribution < 1.29 is 4.74 Å². The number of hydrogen-bond donors (Lipinski definition) is 0. The molecular formula is C21H18ClN3O2S. The average molecular weight is 412 g/mol. The van der Waals surface area contributed by atoms with Gasteiger partial charge >= 0.3 is 0 Å². The summed E-state index contributed by atoms with van der Waals surface area (Å²) >= 11 is 7.37. The molecule has 0 saturated carbocycles. The van der Waals surface area contributed by atoms with Crippen LogP contribution in [0.2, 0.25) is 5.02 Å². The van der Waals surface area contributed by atoms with Gasteiger partial charge in [-0.05, 0) is 37.6 Å². The van der Waals surface area contributed by atoms with E-state index in [4.69, 9.17) is 21.3 Å². The fourth-order valence-electron chi connectivity index (χ4n) is 3.58. The lowest BCUT2D eigenvalue weighted by Crippen LogP contribution is -2.32. The Morgan fingerprint density at radius 1 is 1.29 bits per heavy atom. The third-order valence-electron chi connectivity index (χ3n) is 5.08. The number of rotatable bonds is 2. The molecule has 142 valence electrons. The first kappa shape index (κ1) is 17.8. The number of pyridine rings is 1. The Balaban J connectivity index is 1.61. The Kier molecular flexibility index (Phi) is 4.05. The molecule has 4 aromatic rings. The summed E-state index contributed by atoms with van der Waals surface area (Å²) in [7, 11) is 0. The van der Waals surface area contributed by atoms with Crippen molar-refractivity contribution in [1.82, 2.24) is 14.5 Å². The summed E-state index contributed by atoms with van der Waals surface area (Å²) in [6, 6.07) is 9.57. The minimum Gasteiger partial charge on any atom is -0.370 e. The molecule has 5 rings (SSSR count). The fourth-order valence-corrected chi connectivity index (χ4v) is 4.78. The lowest BCUT2D eigenvalue weighted by Gasteiger charge is -2.30. The molecule has 0 bridgehead atoms. The van der Waals surface area contributed by atoms with Crippen LogP contribution in [0.1, 0.15) is 30.7 Å². The second kappa shape index (κ2) is 6.37. The molecule has 0 spiro atoms. The van der Waals surface area contributed by atoms with Gasteiger partial charge < -0.3 is 4.74 Å². The first-order valence-corrected chi connectivity index (χ1v) is 10.3. The van der Waals surface area contributed by atoms with Gasteiger partial charge in [0.05, 0.1) is 36.3 Å². The maximum Gasteiger partial charge on any atom is 0.271 e. The highest BCUT2D eigenvalue weighted by Gasteiger charge is 2.28. The third kappa shape index (κ3) is 3.02. The van der Waals surface area contributed by atoms with Crippen molar-refractivity contribution >= 4 is 43.4 Å². The van der Waals surface area contributed by atoms with E-state index in [0.717, 1.165) is 39.0 Å². The highest BCUT2D eigenvalue weighted by molar-refractivity contribution is 7.25. The molecule has 28 heavy (non-hydrogen) atoms. The van der Waals surface area contributed by atoms with Crippen molar-refractivity contribution in [2.45, 2.75) is 39.0 Å². The molecular weight excluding hydrogens is 394 g/mol. The van der Waals surface area contributed by atoms with Crippen molar-refractivity contribution in [2.75, 3.05) is 0 Å². The van der Waals surface area contributed by atoms with Gasteiger partial charge in [-0.15, -0.1) is 11.3 Å².